The molecule has 0 fully saturated rings. The van der Waals surface area contributed by atoms with Gasteiger partial charge in [-0.25, -0.2) is 4.90 Å². The molecule has 2 heterocycles. The highest BCUT2D eigenvalue weighted by Gasteiger charge is 2.35. The maximum absolute atomic E-state index is 14.6. The van der Waals surface area contributed by atoms with Gasteiger partial charge in [-0.05, 0) is 199 Å². The van der Waals surface area contributed by atoms with Crippen LogP contribution in [-0.2, 0) is 5.41 Å². The van der Waals surface area contributed by atoms with E-state index in [1.165, 1.54) is 16.0 Å². The van der Waals surface area contributed by atoms with Gasteiger partial charge in [0.25, 0.3) is 11.8 Å². The van der Waals surface area contributed by atoms with Crippen molar-refractivity contribution in [2.45, 2.75) is 40.0 Å². The van der Waals surface area contributed by atoms with Crippen LogP contribution in [-0.4, -0.2) is 16.4 Å². The van der Waals surface area contributed by atoms with Gasteiger partial charge in [0, 0.05) is 75.7 Å². The zero-order chi connectivity index (χ0) is 55.0. The number of hydrogen-bond acceptors (Lipinski definition) is 4. The molecule has 1 aliphatic rings. The molecule has 0 atom stereocenters. The first-order valence-corrected chi connectivity index (χ1v) is 28.4. The Kier molecular flexibility index (Phi) is 12.7. The van der Waals surface area contributed by atoms with Gasteiger partial charge in [-0.15, -0.1) is 0 Å². The van der Waals surface area contributed by atoms with Crippen molar-refractivity contribution in [3.05, 3.63) is 273 Å². The third-order valence-corrected chi connectivity index (χ3v) is 16.6. The second kappa shape index (κ2) is 20.1. The van der Waals surface area contributed by atoms with Crippen LogP contribution in [0.2, 0.25) is 0 Å². The van der Waals surface area contributed by atoms with Crippen LogP contribution in [0.25, 0.3) is 60.5 Å². The molecule has 6 nitrogen and oxygen atoms in total. The molecule has 11 aromatic carbocycles. The molecule has 0 saturated carbocycles. The number of aryl methyl sites for hydroxylation is 2. The monoisotopic (exact) mass is 1160 g/mol. The number of amides is 2. The first-order valence-electron chi connectivity index (χ1n) is 26.8. The van der Waals surface area contributed by atoms with Crippen molar-refractivity contribution >= 4 is 116 Å². The Morgan fingerprint density at radius 1 is 0.388 bits per heavy atom. The van der Waals surface area contributed by atoms with Crippen LogP contribution in [0.5, 0.6) is 0 Å². The number of fused-ring (bicyclic) bond motifs is 3. The molecule has 1 aliphatic heterocycles. The van der Waals surface area contributed by atoms with Gasteiger partial charge < -0.3 is 14.4 Å². The Labute approximate surface area is 483 Å². The van der Waals surface area contributed by atoms with E-state index in [9.17, 15) is 9.59 Å². The Morgan fingerprint density at radius 2 is 0.775 bits per heavy atom. The third kappa shape index (κ3) is 9.08. The lowest BCUT2D eigenvalue weighted by Crippen LogP contribution is -2.40. The van der Waals surface area contributed by atoms with Gasteiger partial charge in [-0.3, -0.25) is 9.59 Å². The Balaban J connectivity index is 0.939. The summed E-state index contributed by atoms with van der Waals surface area (Å²) in [5, 5.41) is 3.65. The maximum Gasteiger partial charge on any atom is 0.265 e. The summed E-state index contributed by atoms with van der Waals surface area (Å²) in [4.78, 5) is 35.1. The summed E-state index contributed by atoms with van der Waals surface area (Å²) in [7, 11) is 0. The summed E-state index contributed by atoms with van der Waals surface area (Å²) in [6.45, 7) is 10.7. The lowest BCUT2D eigenvalue weighted by molar-refractivity contribution is 0.0893. The van der Waals surface area contributed by atoms with Gasteiger partial charge in [-0.2, -0.15) is 0 Å². The first-order chi connectivity index (χ1) is 38.7. The van der Waals surface area contributed by atoms with E-state index in [-0.39, 0.29) is 17.2 Å². The minimum absolute atomic E-state index is 0.0759. The molecule has 8 heteroatoms. The fourth-order valence-electron chi connectivity index (χ4n) is 11.3. The molecule has 0 spiro atoms. The molecular formula is C72H54Br2N4O2. The third-order valence-electron chi connectivity index (χ3n) is 15.6. The molecule has 2 amide bonds. The van der Waals surface area contributed by atoms with Crippen molar-refractivity contribution in [2.75, 3.05) is 14.7 Å². The second-order valence-corrected chi connectivity index (χ2v) is 23.6. The molecule has 0 N–H and O–H groups in total. The second-order valence-electron chi connectivity index (χ2n) is 21.8. The molecule has 0 saturated heterocycles. The fourth-order valence-corrected chi connectivity index (χ4v) is 11.9. The van der Waals surface area contributed by atoms with Crippen molar-refractivity contribution in [3.8, 4) is 27.9 Å². The largest absolute Gasteiger partial charge is 0.311 e. The topological polar surface area (TPSA) is 48.8 Å². The number of aromatic nitrogens is 1. The molecule has 1 aromatic heterocycles. The van der Waals surface area contributed by atoms with Gasteiger partial charge in [0.1, 0.15) is 0 Å². The number of imide groups is 1. The SMILES string of the molecule is Cc1ccc(N(c2ccc(Br)cc2)c2ccc(-c3ccc4c(c3)c3cc(-c5ccc(N(c6ccc(C)cc6)c6ccc(Br)cc6)cc5)ccc3n4-c3ccc4c5c(cccc35)C(=O)N(c3ccc(C(C)(C)C)cc3)C4=O)cc2)cc1. The van der Waals surface area contributed by atoms with Crippen LogP contribution in [0.3, 0.4) is 0 Å². The zero-order valence-corrected chi connectivity index (χ0v) is 48.0. The van der Waals surface area contributed by atoms with Crippen LogP contribution in [0.15, 0.2) is 246 Å². The molecule has 0 bridgehead atoms. The number of carbonyl (C=O) groups is 2. The van der Waals surface area contributed by atoms with Crippen molar-refractivity contribution in [1.82, 2.24) is 4.57 Å². The van der Waals surface area contributed by atoms with E-state index in [1.807, 2.05) is 54.6 Å². The number of nitrogens with zero attached hydrogens (tertiary/aromatic N) is 4. The Morgan fingerprint density at radius 3 is 1.20 bits per heavy atom. The minimum Gasteiger partial charge on any atom is -0.311 e. The standard InChI is InChI=1S/C72H54Br2N4O2/c1-45-9-25-54(26-10-45)75(58-35-21-52(73)22-36-58)56-29-13-47(14-30-56)49-17-40-67-64(43-49)65-44-50(48-15-31-57(32-16-48)76(55-27-11-46(2)12-28-55)59-37-23-53(74)24-38-59)18-41-68(65)78(67)66-42-39-63-69-61(66)7-6-8-62(69)70(79)77(71(63)80)60-33-19-51(20-34-60)72(3,4)5/h6-44H,1-5H3. The van der Waals surface area contributed by atoms with Crippen molar-refractivity contribution in [3.63, 3.8) is 0 Å². The van der Waals surface area contributed by atoms with E-state index < -0.39 is 0 Å². The lowest BCUT2D eigenvalue weighted by Gasteiger charge is -2.28. The van der Waals surface area contributed by atoms with Crippen LogP contribution in [0.4, 0.5) is 39.8 Å². The summed E-state index contributed by atoms with van der Waals surface area (Å²) >= 11 is 7.26. The van der Waals surface area contributed by atoms with Gasteiger partial charge in [-0.1, -0.05) is 149 Å². The van der Waals surface area contributed by atoms with Crippen LogP contribution in [0.1, 0.15) is 58.2 Å². The first kappa shape index (κ1) is 50.7. The number of rotatable bonds is 10. The average Bonchev–Trinajstić information content (AvgIpc) is 3.80. The summed E-state index contributed by atoms with van der Waals surface area (Å²) in [6.07, 6.45) is 0. The highest BCUT2D eigenvalue weighted by molar-refractivity contribution is 9.10. The molecule has 0 radical (unpaired) electrons. The average molecular weight is 1170 g/mol. The molecule has 13 rings (SSSR count). The molecule has 12 aromatic rings. The molecule has 388 valence electrons. The van der Waals surface area contributed by atoms with Gasteiger partial charge in [0.15, 0.2) is 0 Å². The fraction of sp³-hybridized carbons (Fsp3) is 0.0833. The van der Waals surface area contributed by atoms with E-state index in [0.717, 1.165) is 104 Å². The predicted octanol–water partition coefficient (Wildman–Crippen LogP) is 20.5. The normalized spacial score (nSPS) is 12.5. The molecule has 80 heavy (non-hydrogen) atoms. The van der Waals surface area contributed by atoms with Gasteiger partial charge in [0.05, 0.1) is 22.4 Å². The summed E-state index contributed by atoms with van der Waals surface area (Å²) in [6, 6.07) is 82.7. The van der Waals surface area contributed by atoms with E-state index in [4.69, 9.17) is 0 Å². The van der Waals surface area contributed by atoms with E-state index >= 15 is 0 Å². The summed E-state index contributed by atoms with van der Waals surface area (Å²) in [5.74, 6) is -0.667. The van der Waals surface area contributed by atoms with Crippen molar-refractivity contribution < 1.29 is 9.59 Å². The van der Waals surface area contributed by atoms with E-state index in [2.05, 4.69) is 263 Å². The smallest absolute Gasteiger partial charge is 0.265 e. The number of benzene rings is 11. The van der Waals surface area contributed by atoms with Crippen LogP contribution >= 0.6 is 31.9 Å². The summed E-state index contributed by atoms with van der Waals surface area (Å²) in [5.41, 5.74) is 18.6. The number of halogens is 2. The zero-order valence-electron chi connectivity index (χ0n) is 44.9. The lowest BCUT2D eigenvalue weighted by atomic mass is 9.87. The van der Waals surface area contributed by atoms with Gasteiger partial charge >= 0.3 is 0 Å². The van der Waals surface area contributed by atoms with Crippen molar-refractivity contribution in [1.29, 1.82) is 0 Å². The Hall–Kier alpha value is -8.82. The maximum atomic E-state index is 14.6. The van der Waals surface area contributed by atoms with Crippen LogP contribution in [0, 0.1) is 13.8 Å². The number of hydrogen-bond donors (Lipinski definition) is 0. The predicted molar refractivity (Wildman–Crippen MR) is 340 cm³/mol. The van der Waals surface area contributed by atoms with Crippen molar-refractivity contribution in [2.24, 2.45) is 0 Å². The quantitative estimate of drug-likeness (QED) is 0.128. The number of anilines is 7. The number of carbonyl (C=O) groups excluding carboxylic acids is 2. The van der Waals surface area contributed by atoms with E-state index in [0.29, 0.717) is 22.2 Å². The molecular weight excluding hydrogens is 1110 g/mol. The molecule has 0 aliphatic carbocycles. The Bertz CT molecular complexity index is 4060. The minimum atomic E-state index is -0.333. The van der Waals surface area contributed by atoms with Gasteiger partial charge in [0.2, 0.25) is 0 Å². The molecule has 0 unspecified atom stereocenters. The van der Waals surface area contributed by atoms with E-state index in [1.54, 1.807) is 0 Å². The highest BCUT2D eigenvalue weighted by Crippen LogP contribution is 2.44. The highest BCUT2D eigenvalue weighted by atomic mass is 79.9. The van der Waals surface area contributed by atoms with Crippen LogP contribution < -0.4 is 14.7 Å². The summed E-state index contributed by atoms with van der Waals surface area (Å²) < 4.78 is 4.36.